The first kappa shape index (κ1) is 17.5. The highest BCUT2D eigenvalue weighted by Gasteiger charge is 2.18. The van der Waals surface area contributed by atoms with E-state index in [1.54, 1.807) is 24.3 Å². The molecule has 1 N–H and O–H groups in total. The highest BCUT2D eigenvalue weighted by molar-refractivity contribution is 7.92. The van der Waals surface area contributed by atoms with E-state index in [1.165, 1.54) is 31.7 Å². The van der Waals surface area contributed by atoms with Crippen molar-refractivity contribution in [1.82, 2.24) is 0 Å². The van der Waals surface area contributed by atoms with Crippen molar-refractivity contribution < 1.29 is 17.5 Å². The van der Waals surface area contributed by atoms with Crippen LogP contribution in [0.1, 0.15) is 19.3 Å². The number of ether oxygens (including phenoxy) is 1. The van der Waals surface area contributed by atoms with Crippen LogP contribution in [0.3, 0.4) is 0 Å². The number of sulfonamides is 1. The molecule has 1 heterocycles. The van der Waals surface area contributed by atoms with Crippen LogP contribution in [0.5, 0.6) is 5.75 Å². The van der Waals surface area contributed by atoms with Crippen molar-refractivity contribution in [3.8, 4) is 5.75 Å². The third-order valence-electron chi connectivity index (χ3n) is 4.29. The summed E-state index contributed by atoms with van der Waals surface area (Å²) in [5.41, 5.74) is 0.785. The quantitative estimate of drug-likeness (QED) is 0.880. The zero-order valence-corrected chi connectivity index (χ0v) is 14.9. The second-order valence-electron chi connectivity index (χ2n) is 5.99. The Kier molecular flexibility index (Phi) is 5.13. The summed E-state index contributed by atoms with van der Waals surface area (Å²) in [4.78, 5) is 2.20. The molecule has 25 heavy (non-hydrogen) atoms. The van der Waals surface area contributed by atoms with E-state index < -0.39 is 15.8 Å². The lowest BCUT2D eigenvalue weighted by molar-refractivity contribution is 0.414. The van der Waals surface area contributed by atoms with E-state index >= 15 is 0 Å². The Morgan fingerprint density at radius 2 is 1.72 bits per heavy atom. The zero-order chi connectivity index (χ0) is 17.9. The van der Waals surface area contributed by atoms with E-state index in [4.69, 9.17) is 4.74 Å². The van der Waals surface area contributed by atoms with Gasteiger partial charge in [-0.05, 0) is 61.7 Å². The predicted molar refractivity (Wildman–Crippen MR) is 96.3 cm³/mol. The molecular weight excluding hydrogens is 343 g/mol. The molecular formula is C18H21FN2O3S. The minimum Gasteiger partial charge on any atom is -0.497 e. The minimum absolute atomic E-state index is 0.0427. The lowest BCUT2D eigenvalue weighted by atomic mass is 10.1. The van der Waals surface area contributed by atoms with Crippen molar-refractivity contribution >= 4 is 21.4 Å². The summed E-state index contributed by atoms with van der Waals surface area (Å²) in [6.07, 6.45) is 3.36. The predicted octanol–water partition coefficient (Wildman–Crippen LogP) is 3.63. The van der Waals surface area contributed by atoms with Crippen LogP contribution in [-0.4, -0.2) is 28.6 Å². The average Bonchev–Trinajstić information content (AvgIpc) is 2.64. The lowest BCUT2D eigenvalue weighted by Crippen LogP contribution is -2.29. The molecule has 0 amide bonds. The largest absolute Gasteiger partial charge is 0.497 e. The zero-order valence-electron chi connectivity index (χ0n) is 14.0. The van der Waals surface area contributed by atoms with Crippen LogP contribution in [0.25, 0.3) is 0 Å². The van der Waals surface area contributed by atoms with E-state index in [-0.39, 0.29) is 10.6 Å². The lowest BCUT2D eigenvalue weighted by Gasteiger charge is -2.29. The number of nitrogens with zero attached hydrogens (tertiary/aromatic N) is 1. The summed E-state index contributed by atoms with van der Waals surface area (Å²) in [5.74, 6) is -0.0462. The van der Waals surface area contributed by atoms with E-state index in [0.29, 0.717) is 5.75 Å². The highest BCUT2D eigenvalue weighted by atomic mass is 32.2. The van der Waals surface area contributed by atoms with Crippen molar-refractivity contribution in [2.45, 2.75) is 24.2 Å². The Morgan fingerprint density at radius 1 is 1.04 bits per heavy atom. The second kappa shape index (κ2) is 7.31. The fourth-order valence-corrected chi connectivity index (χ4v) is 3.96. The first-order chi connectivity index (χ1) is 12.0. The molecule has 0 bridgehead atoms. The Labute approximate surface area is 147 Å². The van der Waals surface area contributed by atoms with Crippen molar-refractivity contribution in [3.05, 3.63) is 48.3 Å². The van der Waals surface area contributed by atoms with Gasteiger partial charge in [0.1, 0.15) is 11.6 Å². The number of hydrogen-bond donors (Lipinski definition) is 1. The summed E-state index contributed by atoms with van der Waals surface area (Å²) in [6, 6.07) is 10.5. The third kappa shape index (κ3) is 4.04. The standard InChI is InChI=1S/C18H21FN2O3S/c1-24-15-6-8-16(9-7-15)25(22,23)20-18-13-14(5-10-17(18)19)21-11-3-2-4-12-21/h5-10,13,20H,2-4,11-12H2,1H3. The van der Waals surface area contributed by atoms with Gasteiger partial charge in [0.2, 0.25) is 0 Å². The Balaban J connectivity index is 1.85. The number of anilines is 2. The third-order valence-corrected chi connectivity index (χ3v) is 5.67. The fraction of sp³-hybridized carbons (Fsp3) is 0.333. The molecule has 1 saturated heterocycles. The van der Waals surface area contributed by atoms with Gasteiger partial charge in [-0.3, -0.25) is 4.72 Å². The molecule has 1 aliphatic heterocycles. The average molecular weight is 364 g/mol. The van der Waals surface area contributed by atoms with Gasteiger partial charge in [0.05, 0.1) is 17.7 Å². The molecule has 7 heteroatoms. The molecule has 2 aromatic rings. The van der Waals surface area contributed by atoms with Crippen LogP contribution in [0.15, 0.2) is 47.4 Å². The maximum absolute atomic E-state index is 14.1. The monoisotopic (exact) mass is 364 g/mol. The molecule has 1 fully saturated rings. The number of nitrogens with one attached hydrogen (secondary N) is 1. The van der Waals surface area contributed by atoms with Gasteiger partial charge >= 0.3 is 0 Å². The number of rotatable bonds is 5. The summed E-state index contributed by atoms with van der Waals surface area (Å²) in [5, 5.41) is 0. The normalized spacial score (nSPS) is 15.0. The van der Waals surface area contributed by atoms with Crippen LogP contribution in [0.2, 0.25) is 0 Å². The summed E-state index contributed by atoms with van der Waals surface area (Å²) in [7, 11) is -2.37. The molecule has 0 spiro atoms. The van der Waals surface area contributed by atoms with Crippen molar-refractivity contribution in [3.63, 3.8) is 0 Å². The van der Waals surface area contributed by atoms with E-state index in [0.717, 1.165) is 31.6 Å². The van der Waals surface area contributed by atoms with Gasteiger partial charge in [-0.25, -0.2) is 12.8 Å². The van der Waals surface area contributed by atoms with Crippen LogP contribution in [0, 0.1) is 5.82 Å². The molecule has 0 saturated carbocycles. The fourth-order valence-electron chi connectivity index (χ4n) is 2.90. The number of hydrogen-bond acceptors (Lipinski definition) is 4. The van der Waals surface area contributed by atoms with Crippen LogP contribution in [-0.2, 0) is 10.0 Å². The minimum atomic E-state index is -3.87. The molecule has 0 radical (unpaired) electrons. The Bertz CT molecular complexity index is 832. The molecule has 5 nitrogen and oxygen atoms in total. The van der Waals surface area contributed by atoms with Crippen LogP contribution in [0.4, 0.5) is 15.8 Å². The summed E-state index contributed by atoms with van der Waals surface area (Å²) >= 11 is 0. The van der Waals surface area contributed by atoms with E-state index in [9.17, 15) is 12.8 Å². The van der Waals surface area contributed by atoms with Gasteiger partial charge in [-0.2, -0.15) is 0 Å². The van der Waals surface area contributed by atoms with Crippen molar-refractivity contribution in [2.75, 3.05) is 29.8 Å². The first-order valence-electron chi connectivity index (χ1n) is 8.21. The number of halogens is 1. The van der Waals surface area contributed by atoms with Gasteiger partial charge in [0.15, 0.2) is 0 Å². The smallest absolute Gasteiger partial charge is 0.261 e. The molecule has 1 aliphatic rings. The first-order valence-corrected chi connectivity index (χ1v) is 9.69. The number of methoxy groups -OCH3 is 1. The van der Waals surface area contributed by atoms with E-state index in [2.05, 4.69) is 9.62 Å². The molecule has 0 aliphatic carbocycles. The van der Waals surface area contributed by atoms with Gasteiger partial charge < -0.3 is 9.64 Å². The highest BCUT2D eigenvalue weighted by Crippen LogP contribution is 2.27. The Hall–Kier alpha value is -2.28. The van der Waals surface area contributed by atoms with Crippen molar-refractivity contribution in [2.24, 2.45) is 0 Å². The maximum atomic E-state index is 14.1. The molecule has 0 aromatic heterocycles. The van der Waals surface area contributed by atoms with E-state index in [1.807, 2.05) is 0 Å². The second-order valence-corrected chi connectivity index (χ2v) is 7.68. The van der Waals surface area contributed by atoms with Crippen molar-refractivity contribution in [1.29, 1.82) is 0 Å². The number of piperidine rings is 1. The van der Waals surface area contributed by atoms with Crippen LogP contribution >= 0.6 is 0 Å². The van der Waals surface area contributed by atoms with Crippen LogP contribution < -0.4 is 14.4 Å². The Morgan fingerprint density at radius 3 is 2.36 bits per heavy atom. The summed E-state index contributed by atoms with van der Waals surface area (Å²) in [6.45, 7) is 1.80. The molecule has 134 valence electrons. The van der Waals surface area contributed by atoms with Gasteiger partial charge in [-0.15, -0.1) is 0 Å². The molecule has 0 atom stereocenters. The topological polar surface area (TPSA) is 58.6 Å². The van der Waals surface area contributed by atoms with Gasteiger partial charge in [0, 0.05) is 18.8 Å². The van der Waals surface area contributed by atoms with Gasteiger partial charge in [-0.1, -0.05) is 0 Å². The van der Waals surface area contributed by atoms with Gasteiger partial charge in [0.25, 0.3) is 10.0 Å². The molecule has 0 unspecified atom stereocenters. The molecule has 2 aromatic carbocycles. The molecule has 3 rings (SSSR count). The number of benzene rings is 2. The maximum Gasteiger partial charge on any atom is 0.261 e. The summed E-state index contributed by atoms with van der Waals surface area (Å²) < 4.78 is 46.5. The SMILES string of the molecule is COc1ccc(S(=O)(=O)Nc2cc(N3CCCCC3)ccc2F)cc1.